The summed E-state index contributed by atoms with van der Waals surface area (Å²) in [4.78, 5) is 17.5. The number of halogens is 2. The summed E-state index contributed by atoms with van der Waals surface area (Å²) < 4.78 is 26.6. The molecule has 8 heteroatoms. The summed E-state index contributed by atoms with van der Waals surface area (Å²) in [6.07, 6.45) is 2.35. The lowest BCUT2D eigenvalue weighted by Crippen LogP contribution is -2.59. The van der Waals surface area contributed by atoms with E-state index in [1.165, 1.54) is 24.3 Å². The molecule has 0 radical (unpaired) electrons. The number of carbonyl (C=O) groups excluding carboxylic acids is 1. The summed E-state index contributed by atoms with van der Waals surface area (Å²) >= 11 is 5.59. The predicted octanol–water partition coefficient (Wildman–Crippen LogP) is 4.50. The second kappa shape index (κ2) is 9.73. The lowest BCUT2D eigenvalue weighted by atomic mass is 9.95. The number of nitrogens with one attached hydrogen (secondary N) is 2. The minimum Gasteiger partial charge on any atom is -0.349 e. The highest BCUT2D eigenvalue weighted by Crippen LogP contribution is 2.36. The normalized spacial score (nSPS) is 20.8. The van der Waals surface area contributed by atoms with Gasteiger partial charge in [-0.05, 0) is 60.1 Å². The van der Waals surface area contributed by atoms with Crippen LogP contribution >= 0.6 is 12.2 Å². The Kier molecular flexibility index (Phi) is 6.95. The van der Waals surface area contributed by atoms with Gasteiger partial charge in [-0.2, -0.15) is 0 Å². The van der Waals surface area contributed by atoms with E-state index >= 15 is 0 Å². The van der Waals surface area contributed by atoms with E-state index in [0.717, 1.165) is 30.5 Å². The quantitative estimate of drug-likeness (QED) is 0.628. The Morgan fingerprint density at radius 2 is 1.70 bits per heavy atom. The van der Waals surface area contributed by atoms with Crippen molar-refractivity contribution in [2.45, 2.75) is 51.4 Å². The first-order valence-corrected chi connectivity index (χ1v) is 11.9. The number of likely N-dealkylation sites (tertiary alicyclic amines) is 1. The molecule has 0 aliphatic carbocycles. The van der Waals surface area contributed by atoms with E-state index in [4.69, 9.17) is 12.2 Å². The van der Waals surface area contributed by atoms with E-state index in [1.807, 2.05) is 4.90 Å². The Hall–Kier alpha value is -2.58. The molecule has 176 valence electrons. The molecule has 0 saturated carbocycles. The second-order valence-corrected chi connectivity index (χ2v) is 9.40. The molecule has 2 atom stereocenters. The molecule has 0 unspecified atom stereocenters. The van der Waals surface area contributed by atoms with Gasteiger partial charge in [0, 0.05) is 38.2 Å². The third-order valence-electron chi connectivity index (χ3n) is 6.91. The van der Waals surface area contributed by atoms with Gasteiger partial charge >= 0.3 is 0 Å². The van der Waals surface area contributed by atoms with Crippen molar-refractivity contribution in [3.63, 3.8) is 0 Å². The van der Waals surface area contributed by atoms with Gasteiger partial charge in [0.2, 0.25) is 5.91 Å². The van der Waals surface area contributed by atoms with Crippen molar-refractivity contribution >= 4 is 28.9 Å². The summed E-state index contributed by atoms with van der Waals surface area (Å²) in [7, 11) is 0. The van der Waals surface area contributed by atoms with Gasteiger partial charge in [0.15, 0.2) is 5.11 Å². The van der Waals surface area contributed by atoms with E-state index in [2.05, 4.69) is 29.4 Å². The van der Waals surface area contributed by atoms with Crippen LogP contribution in [0, 0.1) is 17.6 Å². The van der Waals surface area contributed by atoms with Gasteiger partial charge in [0.25, 0.3) is 0 Å². The SMILES string of the molecule is CC[C@@H](C)[C@H]1NC2(CCN(C(=S)Nc3ccc(F)cc3)CC2)N(Cc2ccc(F)cc2)C1=O. The Morgan fingerprint density at radius 3 is 2.27 bits per heavy atom. The highest BCUT2D eigenvalue weighted by molar-refractivity contribution is 7.80. The first-order chi connectivity index (χ1) is 15.8. The first-order valence-electron chi connectivity index (χ1n) is 11.5. The molecule has 2 aromatic carbocycles. The van der Waals surface area contributed by atoms with Crippen molar-refractivity contribution in [3.8, 4) is 0 Å². The predicted molar refractivity (Wildman–Crippen MR) is 129 cm³/mol. The highest BCUT2D eigenvalue weighted by Gasteiger charge is 2.52. The summed E-state index contributed by atoms with van der Waals surface area (Å²) in [6.45, 7) is 6.00. The molecule has 2 heterocycles. The van der Waals surface area contributed by atoms with Crippen LogP contribution in [0.4, 0.5) is 14.5 Å². The Bertz CT molecular complexity index is 990. The fraction of sp³-hybridized carbons (Fsp3) is 0.440. The molecule has 1 amide bonds. The molecule has 0 aromatic heterocycles. The maximum Gasteiger partial charge on any atom is 0.241 e. The van der Waals surface area contributed by atoms with Crippen molar-refractivity contribution in [1.29, 1.82) is 0 Å². The zero-order valence-electron chi connectivity index (χ0n) is 19.0. The number of anilines is 1. The van der Waals surface area contributed by atoms with Crippen molar-refractivity contribution in [2.24, 2.45) is 5.92 Å². The van der Waals surface area contributed by atoms with Crippen LogP contribution in [0.1, 0.15) is 38.7 Å². The van der Waals surface area contributed by atoms with Crippen LogP contribution in [0.3, 0.4) is 0 Å². The van der Waals surface area contributed by atoms with E-state index in [9.17, 15) is 13.6 Å². The van der Waals surface area contributed by atoms with Crippen molar-refractivity contribution in [2.75, 3.05) is 18.4 Å². The number of carbonyl (C=O) groups is 1. The summed E-state index contributed by atoms with van der Waals surface area (Å²) in [5.41, 5.74) is 1.19. The van der Waals surface area contributed by atoms with Crippen LogP contribution in [0.25, 0.3) is 0 Å². The number of rotatable bonds is 5. The first kappa shape index (κ1) is 23.6. The van der Waals surface area contributed by atoms with Gasteiger partial charge in [-0.15, -0.1) is 0 Å². The monoisotopic (exact) mass is 472 g/mol. The van der Waals surface area contributed by atoms with Crippen LogP contribution < -0.4 is 10.6 Å². The highest BCUT2D eigenvalue weighted by atomic mass is 32.1. The average Bonchev–Trinajstić information content (AvgIpc) is 3.08. The van der Waals surface area contributed by atoms with Gasteiger partial charge in [0.05, 0.1) is 11.7 Å². The average molecular weight is 473 g/mol. The molecular weight excluding hydrogens is 442 g/mol. The summed E-state index contributed by atoms with van der Waals surface area (Å²) in [5.74, 6) is -0.256. The number of benzene rings is 2. The molecule has 2 aliphatic rings. The number of amides is 1. The molecule has 2 aromatic rings. The Balaban J connectivity index is 1.48. The number of thiocarbonyl (C=S) groups is 1. The second-order valence-electron chi connectivity index (χ2n) is 9.01. The van der Waals surface area contributed by atoms with Crippen LogP contribution in [-0.2, 0) is 11.3 Å². The van der Waals surface area contributed by atoms with Crippen molar-refractivity contribution < 1.29 is 13.6 Å². The Morgan fingerprint density at radius 1 is 1.12 bits per heavy atom. The van der Waals surface area contributed by atoms with Gasteiger partial charge in [0.1, 0.15) is 11.6 Å². The maximum atomic E-state index is 13.4. The number of hydrogen-bond donors (Lipinski definition) is 2. The molecule has 2 saturated heterocycles. The van der Waals surface area contributed by atoms with Crippen LogP contribution in [0.2, 0.25) is 0 Å². The van der Waals surface area contributed by atoms with Crippen LogP contribution in [0.5, 0.6) is 0 Å². The lowest BCUT2D eigenvalue weighted by molar-refractivity contribution is -0.134. The standard InChI is InChI=1S/C25H30F2N4OS/c1-3-17(2)22-23(32)31(16-18-4-6-19(26)7-5-18)25(29-22)12-14-30(15-13-25)24(33)28-21-10-8-20(27)9-11-21/h4-11,17,22,29H,3,12-16H2,1-2H3,(H,28,33)/t17-,22-/m1/s1. The number of hydrogen-bond acceptors (Lipinski definition) is 3. The maximum absolute atomic E-state index is 13.4. The van der Waals surface area contributed by atoms with Crippen LogP contribution in [-0.4, -0.2) is 45.6 Å². The van der Waals surface area contributed by atoms with Gasteiger partial charge in [-0.1, -0.05) is 32.4 Å². The van der Waals surface area contributed by atoms with E-state index in [0.29, 0.717) is 24.7 Å². The zero-order chi connectivity index (χ0) is 23.6. The number of piperidine rings is 1. The summed E-state index contributed by atoms with van der Waals surface area (Å²) in [6, 6.07) is 12.2. The molecule has 1 spiro atoms. The smallest absolute Gasteiger partial charge is 0.241 e. The molecule has 2 N–H and O–H groups in total. The molecule has 0 bridgehead atoms. The largest absolute Gasteiger partial charge is 0.349 e. The Labute approximate surface area is 199 Å². The molecule has 5 nitrogen and oxygen atoms in total. The topological polar surface area (TPSA) is 47.6 Å². The minimum atomic E-state index is -0.457. The molecule has 33 heavy (non-hydrogen) atoms. The number of nitrogens with zero attached hydrogens (tertiary/aromatic N) is 2. The summed E-state index contributed by atoms with van der Waals surface area (Å²) in [5, 5.41) is 7.43. The van der Waals surface area contributed by atoms with E-state index < -0.39 is 5.66 Å². The third kappa shape index (κ3) is 5.01. The molecule has 4 rings (SSSR count). The minimum absolute atomic E-state index is 0.106. The van der Waals surface area contributed by atoms with E-state index in [-0.39, 0.29) is 29.5 Å². The lowest BCUT2D eigenvalue weighted by Gasteiger charge is -2.45. The fourth-order valence-electron chi connectivity index (χ4n) is 4.66. The molecular formula is C25H30F2N4OS. The van der Waals surface area contributed by atoms with Gasteiger partial charge in [-0.25, -0.2) is 8.78 Å². The third-order valence-corrected chi connectivity index (χ3v) is 7.27. The fourth-order valence-corrected chi connectivity index (χ4v) is 4.96. The van der Waals surface area contributed by atoms with Gasteiger partial charge < -0.3 is 15.1 Å². The van der Waals surface area contributed by atoms with Gasteiger partial charge in [-0.3, -0.25) is 10.1 Å². The van der Waals surface area contributed by atoms with Crippen molar-refractivity contribution in [3.05, 3.63) is 65.7 Å². The zero-order valence-corrected chi connectivity index (χ0v) is 19.8. The van der Waals surface area contributed by atoms with E-state index in [1.54, 1.807) is 24.3 Å². The van der Waals surface area contributed by atoms with Crippen molar-refractivity contribution in [1.82, 2.24) is 15.1 Å². The molecule has 2 aliphatic heterocycles. The van der Waals surface area contributed by atoms with Crippen LogP contribution in [0.15, 0.2) is 48.5 Å². The molecule has 2 fully saturated rings.